The topological polar surface area (TPSA) is 41.6 Å². The molecule has 1 aliphatic rings. The standard InChI is InChI=1S/C21H23ClN2O2S/c1-15-9-11-24(12-10-15)21(27)16-5-7-19(8-6-16)26-14-20(25)23-18-4-2-3-17(22)13-18/h2-8,13,15H,9-12,14H2,1H3,(H,23,25). The van der Waals surface area contributed by atoms with Crippen molar-refractivity contribution in [2.24, 2.45) is 5.92 Å². The first-order valence-electron chi connectivity index (χ1n) is 9.09. The molecule has 0 bridgehead atoms. The van der Waals surface area contributed by atoms with Gasteiger partial charge in [0.1, 0.15) is 10.7 Å². The summed E-state index contributed by atoms with van der Waals surface area (Å²) in [6.07, 6.45) is 2.37. The van der Waals surface area contributed by atoms with E-state index in [1.807, 2.05) is 24.3 Å². The second-order valence-corrected chi connectivity index (χ2v) is 7.67. The van der Waals surface area contributed by atoms with Gasteiger partial charge in [0, 0.05) is 29.4 Å². The summed E-state index contributed by atoms with van der Waals surface area (Å²) in [4.78, 5) is 15.1. The molecule has 1 heterocycles. The zero-order chi connectivity index (χ0) is 19.2. The Morgan fingerprint density at radius 1 is 1.22 bits per heavy atom. The number of piperidine rings is 1. The average Bonchev–Trinajstić information content (AvgIpc) is 2.67. The number of thiocarbonyl (C=S) groups is 1. The highest BCUT2D eigenvalue weighted by Crippen LogP contribution is 2.20. The highest BCUT2D eigenvalue weighted by atomic mass is 35.5. The molecule has 0 radical (unpaired) electrons. The molecular formula is C21H23ClN2O2S. The van der Waals surface area contributed by atoms with Gasteiger partial charge >= 0.3 is 0 Å². The van der Waals surface area contributed by atoms with E-state index in [1.54, 1.807) is 24.3 Å². The zero-order valence-electron chi connectivity index (χ0n) is 15.3. The van der Waals surface area contributed by atoms with Gasteiger partial charge in [0.15, 0.2) is 6.61 Å². The van der Waals surface area contributed by atoms with Crippen LogP contribution in [-0.2, 0) is 4.79 Å². The van der Waals surface area contributed by atoms with E-state index in [4.69, 9.17) is 28.6 Å². The fourth-order valence-corrected chi connectivity index (χ4v) is 3.51. The number of anilines is 1. The third kappa shape index (κ3) is 5.68. The van der Waals surface area contributed by atoms with Gasteiger partial charge in [-0.25, -0.2) is 0 Å². The second kappa shape index (κ2) is 9.20. The lowest BCUT2D eigenvalue weighted by Crippen LogP contribution is -2.37. The SMILES string of the molecule is CC1CCN(C(=S)c2ccc(OCC(=O)Nc3cccc(Cl)c3)cc2)CC1. The first kappa shape index (κ1) is 19.6. The number of benzene rings is 2. The summed E-state index contributed by atoms with van der Waals surface area (Å²) < 4.78 is 5.56. The van der Waals surface area contributed by atoms with Crippen LogP contribution in [0.1, 0.15) is 25.3 Å². The Labute approximate surface area is 170 Å². The number of carbonyl (C=O) groups is 1. The van der Waals surface area contributed by atoms with Crippen molar-refractivity contribution in [3.63, 3.8) is 0 Å². The molecule has 0 saturated carbocycles. The van der Waals surface area contributed by atoms with E-state index in [9.17, 15) is 4.79 Å². The lowest BCUT2D eigenvalue weighted by molar-refractivity contribution is -0.118. The Balaban J connectivity index is 1.50. The van der Waals surface area contributed by atoms with Crippen LogP contribution in [0.3, 0.4) is 0 Å². The molecule has 4 nitrogen and oxygen atoms in total. The Morgan fingerprint density at radius 2 is 1.93 bits per heavy atom. The van der Waals surface area contributed by atoms with Crippen LogP contribution in [0.5, 0.6) is 5.75 Å². The maximum absolute atomic E-state index is 12.0. The van der Waals surface area contributed by atoms with Gasteiger partial charge in [0.2, 0.25) is 0 Å². The Hall–Kier alpha value is -2.11. The summed E-state index contributed by atoms with van der Waals surface area (Å²) >= 11 is 11.5. The normalized spacial score (nSPS) is 14.7. The molecule has 27 heavy (non-hydrogen) atoms. The van der Waals surface area contributed by atoms with Crippen LogP contribution in [-0.4, -0.2) is 35.5 Å². The minimum absolute atomic E-state index is 0.0691. The number of ether oxygens (including phenoxy) is 1. The summed E-state index contributed by atoms with van der Waals surface area (Å²) in [7, 11) is 0. The van der Waals surface area contributed by atoms with Crippen molar-refractivity contribution in [1.29, 1.82) is 0 Å². The van der Waals surface area contributed by atoms with E-state index in [0.717, 1.165) is 29.6 Å². The fourth-order valence-electron chi connectivity index (χ4n) is 3.00. The van der Waals surface area contributed by atoms with Gasteiger partial charge in [-0.15, -0.1) is 0 Å². The predicted molar refractivity (Wildman–Crippen MR) is 114 cm³/mol. The van der Waals surface area contributed by atoms with Crippen LogP contribution in [0.25, 0.3) is 0 Å². The molecule has 0 unspecified atom stereocenters. The summed E-state index contributed by atoms with van der Waals surface area (Å²) in [5, 5.41) is 3.33. The van der Waals surface area contributed by atoms with Gasteiger partial charge in [-0.3, -0.25) is 4.79 Å². The maximum Gasteiger partial charge on any atom is 0.262 e. The monoisotopic (exact) mass is 402 g/mol. The molecule has 6 heteroatoms. The lowest BCUT2D eigenvalue weighted by atomic mass is 9.99. The smallest absolute Gasteiger partial charge is 0.262 e. The van der Waals surface area contributed by atoms with Gasteiger partial charge in [-0.1, -0.05) is 36.8 Å². The average molecular weight is 403 g/mol. The predicted octanol–water partition coefficient (Wildman–Crippen LogP) is 4.76. The molecule has 0 atom stereocenters. The minimum Gasteiger partial charge on any atom is -0.484 e. The number of carbonyl (C=O) groups excluding carboxylic acids is 1. The van der Waals surface area contributed by atoms with Crippen molar-refractivity contribution >= 4 is 40.4 Å². The number of rotatable bonds is 5. The molecule has 2 aromatic carbocycles. The van der Waals surface area contributed by atoms with E-state index in [2.05, 4.69) is 17.1 Å². The molecule has 1 N–H and O–H groups in total. The molecule has 0 aromatic heterocycles. The third-order valence-corrected chi connectivity index (χ3v) is 5.38. The second-order valence-electron chi connectivity index (χ2n) is 6.85. The van der Waals surface area contributed by atoms with E-state index >= 15 is 0 Å². The van der Waals surface area contributed by atoms with Gasteiger partial charge < -0.3 is 15.0 Å². The molecule has 142 valence electrons. The highest BCUT2D eigenvalue weighted by Gasteiger charge is 2.18. The van der Waals surface area contributed by atoms with Crippen molar-refractivity contribution in [3.8, 4) is 5.75 Å². The van der Waals surface area contributed by atoms with Crippen LogP contribution >= 0.6 is 23.8 Å². The molecule has 0 spiro atoms. The lowest BCUT2D eigenvalue weighted by Gasteiger charge is -2.32. The van der Waals surface area contributed by atoms with Gasteiger partial charge in [-0.2, -0.15) is 0 Å². The molecule has 1 amide bonds. The first-order valence-corrected chi connectivity index (χ1v) is 9.87. The van der Waals surface area contributed by atoms with Crippen LogP contribution in [0.15, 0.2) is 48.5 Å². The Morgan fingerprint density at radius 3 is 2.59 bits per heavy atom. The van der Waals surface area contributed by atoms with Crippen LogP contribution in [0.2, 0.25) is 5.02 Å². The summed E-state index contributed by atoms with van der Waals surface area (Å²) in [5.41, 5.74) is 1.66. The number of amides is 1. The molecule has 3 rings (SSSR count). The van der Waals surface area contributed by atoms with E-state index in [0.29, 0.717) is 16.5 Å². The Kier molecular flexibility index (Phi) is 6.69. The van der Waals surface area contributed by atoms with Crippen LogP contribution < -0.4 is 10.1 Å². The van der Waals surface area contributed by atoms with E-state index in [-0.39, 0.29) is 12.5 Å². The van der Waals surface area contributed by atoms with Gasteiger partial charge in [0.05, 0.1) is 0 Å². The fraction of sp³-hybridized carbons (Fsp3) is 0.333. The van der Waals surface area contributed by atoms with Crippen molar-refractivity contribution in [2.75, 3.05) is 25.0 Å². The van der Waals surface area contributed by atoms with Crippen molar-refractivity contribution < 1.29 is 9.53 Å². The van der Waals surface area contributed by atoms with Crippen molar-refractivity contribution in [3.05, 3.63) is 59.1 Å². The van der Waals surface area contributed by atoms with E-state index < -0.39 is 0 Å². The molecule has 0 aliphatic carbocycles. The minimum atomic E-state index is -0.237. The number of nitrogens with zero attached hydrogens (tertiary/aromatic N) is 1. The largest absolute Gasteiger partial charge is 0.484 e. The number of nitrogens with one attached hydrogen (secondary N) is 1. The van der Waals surface area contributed by atoms with Gasteiger partial charge in [-0.05, 0) is 61.2 Å². The molecular weight excluding hydrogens is 380 g/mol. The quantitative estimate of drug-likeness (QED) is 0.732. The summed E-state index contributed by atoms with van der Waals surface area (Å²) in [6, 6.07) is 14.6. The highest BCUT2D eigenvalue weighted by molar-refractivity contribution is 7.80. The number of hydrogen-bond donors (Lipinski definition) is 1. The van der Waals surface area contributed by atoms with Crippen molar-refractivity contribution in [2.45, 2.75) is 19.8 Å². The summed E-state index contributed by atoms with van der Waals surface area (Å²) in [5.74, 6) is 1.17. The van der Waals surface area contributed by atoms with Crippen LogP contribution in [0.4, 0.5) is 5.69 Å². The first-order chi connectivity index (χ1) is 13.0. The molecule has 1 fully saturated rings. The number of hydrogen-bond acceptors (Lipinski definition) is 3. The summed E-state index contributed by atoms with van der Waals surface area (Å²) in [6.45, 7) is 4.25. The van der Waals surface area contributed by atoms with Crippen LogP contribution in [0, 0.1) is 5.92 Å². The molecule has 1 saturated heterocycles. The van der Waals surface area contributed by atoms with Crippen molar-refractivity contribution in [1.82, 2.24) is 4.90 Å². The third-order valence-electron chi connectivity index (χ3n) is 4.65. The maximum atomic E-state index is 12.0. The molecule has 2 aromatic rings. The molecule has 1 aliphatic heterocycles. The van der Waals surface area contributed by atoms with Gasteiger partial charge in [0.25, 0.3) is 5.91 Å². The number of halogens is 1. The zero-order valence-corrected chi connectivity index (χ0v) is 16.9. The van der Waals surface area contributed by atoms with E-state index in [1.165, 1.54) is 12.8 Å². The number of likely N-dealkylation sites (tertiary alicyclic amines) is 1. The Bertz CT molecular complexity index is 802.